The van der Waals surface area contributed by atoms with Crippen molar-refractivity contribution in [1.29, 1.82) is 0 Å². The van der Waals surface area contributed by atoms with Crippen LogP contribution in [0, 0.1) is 0 Å². The molecule has 1 saturated heterocycles. The fourth-order valence-corrected chi connectivity index (χ4v) is 3.38. The lowest BCUT2D eigenvalue weighted by Gasteiger charge is -2.26. The first-order chi connectivity index (χ1) is 16.6. The molecule has 0 radical (unpaired) electrons. The summed E-state index contributed by atoms with van der Waals surface area (Å²) in [6, 6.07) is 11.3. The van der Waals surface area contributed by atoms with Crippen LogP contribution in [0.4, 0.5) is 0 Å². The van der Waals surface area contributed by atoms with Crippen LogP contribution in [0.15, 0.2) is 47.3 Å². The quantitative estimate of drug-likeness (QED) is 0.449. The summed E-state index contributed by atoms with van der Waals surface area (Å²) in [4.78, 5) is 39.1. The summed E-state index contributed by atoms with van der Waals surface area (Å²) < 4.78 is 22.7. The molecule has 0 spiro atoms. The number of carbonyl (C=O) groups is 2. The van der Waals surface area contributed by atoms with Gasteiger partial charge in [-0.25, -0.2) is 4.79 Å². The number of benzene rings is 2. The van der Waals surface area contributed by atoms with Gasteiger partial charge in [0.05, 0.1) is 30.8 Å². The molecule has 0 saturated carbocycles. The van der Waals surface area contributed by atoms with Gasteiger partial charge in [-0.2, -0.15) is 4.68 Å². The minimum absolute atomic E-state index is 0.156. The zero-order valence-corrected chi connectivity index (χ0v) is 18.6. The number of hydrogen-bond acceptors (Lipinski definition) is 9. The average Bonchev–Trinajstić information content (AvgIpc) is 2.88. The Kier molecular flexibility index (Phi) is 7.33. The standard InChI is InChI=1S/C23H24N4O7/c1-2-32-20-13-16(7-8-19(20)33-14-21(28)26-9-11-31-12-10-26)23(30)34-15-27-22(29)17-5-3-4-6-18(17)24-25-27/h3-8,13H,2,9-12,14-15H2,1H3. The highest BCUT2D eigenvalue weighted by Gasteiger charge is 2.19. The minimum atomic E-state index is -0.682. The summed E-state index contributed by atoms with van der Waals surface area (Å²) in [5.41, 5.74) is 0.235. The summed E-state index contributed by atoms with van der Waals surface area (Å²) in [5, 5.41) is 8.13. The first kappa shape index (κ1) is 23.2. The Morgan fingerprint density at radius 1 is 1.06 bits per heavy atom. The topological polar surface area (TPSA) is 122 Å². The van der Waals surface area contributed by atoms with Crippen LogP contribution in [0.25, 0.3) is 10.9 Å². The van der Waals surface area contributed by atoms with Crippen LogP contribution in [-0.2, 0) is 21.0 Å². The monoisotopic (exact) mass is 468 g/mol. The van der Waals surface area contributed by atoms with E-state index < -0.39 is 18.3 Å². The van der Waals surface area contributed by atoms with E-state index in [0.29, 0.717) is 55.3 Å². The predicted octanol–water partition coefficient (Wildman–Crippen LogP) is 1.24. The van der Waals surface area contributed by atoms with Gasteiger partial charge < -0.3 is 23.8 Å². The minimum Gasteiger partial charge on any atom is -0.490 e. The molecule has 4 rings (SSSR count). The Morgan fingerprint density at radius 2 is 1.85 bits per heavy atom. The number of nitrogens with zero attached hydrogens (tertiary/aromatic N) is 4. The highest BCUT2D eigenvalue weighted by atomic mass is 16.5. The van der Waals surface area contributed by atoms with Gasteiger partial charge in [0, 0.05) is 13.1 Å². The number of aromatic nitrogens is 3. The SMILES string of the molecule is CCOc1cc(C(=O)OCn2nnc3ccccc3c2=O)ccc1OCC(=O)N1CCOCC1. The highest BCUT2D eigenvalue weighted by molar-refractivity contribution is 5.90. The van der Waals surface area contributed by atoms with Crippen LogP contribution in [0.5, 0.6) is 11.5 Å². The number of hydrogen-bond donors (Lipinski definition) is 0. The smallest absolute Gasteiger partial charge is 0.340 e. The molecular formula is C23H24N4O7. The molecule has 1 aromatic heterocycles. The Balaban J connectivity index is 1.41. The molecule has 1 aliphatic rings. The molecule has 2 heterocycles. The van der Waals surface area contributed by atoms with E-state index >= 15 is 0 Å². The van der Waals surface area contributed by atoms with Gasteiger partial charge in [-0.3, -0.25) is 9.59 Å². The van der Waals surface area contributed by atoms with Crippen molar-refractivity contribution >= 4 is 22.8 Å². The van der Waals surface area contributed by atoms with Crippen molar-refractivity contribution in [1.82, 2.24) is 19.9 Å². The zero-order chi connectivity index (χ0) is 23.9. The van der Waals surface area contributed by atoms with Crippen LogP contribution in [0.1, 0.15) is 17.3 Å². The zero-order valence-electron chi connectivity index (χ0n) is 18.6. The van der Waals surface area contributed by atoms with Gasteiger partial charge in [0.1, 0.15) is 5.52 Å². The number of rotatable bonds is 8. The van der Waals surface area contributed by atoms with E-state index in [1.807, 2.05) is 0 Å². The number of morpholine rings is 1. The van der Waals surface area contributed by atoms with E-state index in [4.69, 9.17) is 18.9 Å². The van der Waals surface area contributed by atoms with Crippen molar-refractivity contribution in [3.05, 3.63) is 58.4 Å². The maximum Gasteiger partial charge on any atom is 0.340 e. The normalized spacial score (nSPS) is 13.5. The molecule has 0 unspecified atom stereocenters. The maximum atomic E-state index is 12.6. The van der Waals surface area contributed by atoms with Crippen molar-refractivity contribution < 1.29 is 28.5 Å². The summed E-state index contributed by atoms with van der Waals surface area (Å²) in [5.74, 6) is -0.207. The van der Waals surface area contributed by atoms with Crippen molar-refractivity contribution in [2.45, 2.75) is 13.7 Å². The molecule has 1 aliphatic heterocycles. The number of esters is 1. The third-order valence-electron chi connectivity index (χ3n) is 5.14. The van der Waals surface area contributed by atoms with Crippen molar-refractivity contribution in [3.8, 4) is 11.5 Å². The van der Waals surface area contributed by atoms with E-state index in [2.05, 4.69) is 10.3 Å². The van der Waals surface area contributed by atoms with Crippen LogP contribution in [0.2, 0.25) is 0 Å². The number of fused-ring (bicyclic) bond motifs is 1. The largest absolute Gasteiger partial charge is 0.490 e. The van der Waals surface area contributed by atoms with Crippen LogP contribution in [0.3, 0.4) is 0 Å². The van der Waals surface area contributed by atoms with Crippen LogP contribution < -0.4 is 15.0 Å². The molecule has 11 nitrogen and oxygen atoms in total. The second-order valence-electron chi connectivity index (χ2n) is 7.35. The molecule has 1 fully saturated rings. The maximum absolute atomic E-state index is 12.6. The fraction of sp³-hybridized carbons (Fsp3) is 0.348. The fourth-order valence-electron chi connectivity index (χ4n) is 3.38. The van der Waals surface area contributed by atoms with Crippen LogP contribution >= 0.6 is 0 Å². The second kappa shape index (κ2) is 10.8. The van der Waals surface area contributed by atoms with Gasteiger partial charge in [0.15, 0.2) is 24.8 Å². The van der Waals surface area contributed by atoms with E-state index in [1.54, 1.807) is 36.1 Å². The number of carbonyl (C=O) groups excluding carboxylic acids is 2. The summed E-state index contributed by atoms with van der Waals surface area (Å²) in [7, 11) is 0. The van der Waals surface area contributed by atoms with Crippen molar-refractivity contribution in [2.75, 3.05) is 39.5 Å². The lowest BCUT2D eigenvalue weighted by molar-refractivity contribution is -0.137. The third-order valence-corrected chi connectivity index (χ3v) is 5.14. The summed E-state index contributed by atoms with van der Waals surface area (Å²) in [6.45, 7) is 3.62. The molecule has 178 valence electrons. The summed E-state index contributed by atoms with van der Waals surface area (Å²) >= 11 is 0. The van der Waals surface area contributed by atoms with E-state index in [1.165, 1.54) is 18.2 Å². The molecule has 0 atom stereocenters. The van der Waals surface area contributed by atoms with Gasteiger partial charge in [0.25, 0.3) is 11.5 Å². The number of amides is 1. The summed E-state index contributed by atoms with van der Waals surface area (Å²) in [6.07, 6.45) is 0. The number of ether oxygens (including phenoxy) is 4. The second-order valence-corrected chi connectivity index (χ2v) is 7.35. The van der Waals surface area contributed by atoms with Gasteiger partial charge in [-0.05, 0) is 37.3 Å². The molecule has 0 N–H and O–H groups in total. The van der Waals surface area contributed by atoms with E-state index in [9.17, 15) is 14.4 Å². The molecule has 0 aliphatic carbocycles. The third kappa shape index (κ3) is 5.31. The van der Waals surface area contributed by atoms with E-state index in [0.717, 1.165) is 4.68 Å². The Bertz CT molecular complexity index is 1240. The lowest BCUT2D eigenvalue weighted by Crippen LogP contribution is -2.43. The first-order valence-electron chi connectivity index (χ1n) is 10.8. The van der Waals surface area contributed by atoms with E-state index in [-0.39, 0.29) is 18.1 Å². The van der Waals surface area contributed by atoms with Crippen molar-refractivity contribution in [2.24, 2.45) is 0 Å². The molecule has 34 heavy (non-hydrogen) atoms. The van der Waals surface area contributed by atoms with Gasteiger partial charge in [0.2, 0.25) is 0 Å². The first-order valence-corrected chi connectivity index (χ1v) is 10.8. The van der Waals surface area contributed by atoms with Gasteiger partial charge in [-0.1, -0.05) is 17.3 Å². The molecule has 1 amide bonds. The van der Waals surface area contributed by atoms with Crippen molar-refractivity contribution in [3.63, 3.8) is 0 Å². The Morgan fingerprint density at radius 3 is 2.65 bits per heavy atom. The molecule has 0 bridgehead atoms. The Labute approximate surface area is 194 Å². The van der Waals surface area contributed by atoms with Gasteiger partial charge in [-0.15, -0.1) is 5.10 Å². The molecule has 3 aromatic rings. The average molecular weight is 468 g/mol. The molecular weight excluding hydrogens is 444 g/mol. The van der Waals surface area contributed by atoms with Crippen LogP contribution in [-0.4, -0.2) is 71.3 Å². The molecule has 11 heteroatoms. The highest BCUT2D eigenvalue weighted by Crippen LogP contribution is 2.29. The van der Waals surface area contributed by atoms with Gasteiger partial charge >= 0.3 is 5.97 Å². The lowest BCUT2D eigenvalue weighted by atomic mass is 10.2. The molecule has 2 aromatic carbocycles. The predicted molar refractivity (Wildman–Crippen MR) is 120 cm³/mol. The Hall–Kier alpha value is -3.99.